The van der Waals surface area contributed by atoms with Gasteiger partial charge < -0.3 is 0 Å². The molecule has 1 rings (SSSR count). The Hall–Kier alpha value is -0.950. The monoisotopic (exact) mass is 112 g/mol. The smallest absolute Gasteiger partial charge is 0.244 e. The zero-order valence-corrected chi connectivity index (χ0v) is 4.22. The average molecular weight is 112 g/mol. The van der Waals surface area contributed by atoms with Crippen molar-refractivity contribution in [2.24, 2.45) is 0 Å². The molecule has 0 saturated carbocycles. The van der Waals surface area contributed by atoms with Gasteiger partial charge in [-0.25, -0.2) is 4.98 Å². The third-order valence-electron chi connectivity index (χ3n) is 0.518. The Morgan fingerprint density at radius 1 is 1.86 bits per heavy atom. The molecule has 4 heteroatoms. The molecule has 0 N–H and O–H groups in total. The molecule has 0 aliphatic carbocycles. The van der Waals surface area contributed by atoms with Crippen molar-refractivity contribution in [2.45, 2.75) is 0 Å². The lowest BCUT2D eigenvalue weighted by molar-refractivity contribution is 1.41. The number of aromatic nitrogens is 1. The fourth-order valence-corrected chi connectivity index (χ4v) is 0.657. The summed E-state index contributed by atoms with van der Waals surface area (Å²) < 4.78 is 0. The first-order valence-corrected chi connectivity index (χ1v) is 2.55. The number of rotatable bonds is 0. The van der Waals surface area contributed by atoms with Crippen LogP contribution in [0.2, 0.25) is 0 Å². The second kappa shape index (κ2) is 1.67. The van der Waals surface area contributed by atoms with Crippen LogP contribution in [0.5, 0.6) is 0 Å². The number of thiazole rings is 1. The molecule has 7 heavy (non-hydrogen) atoms. The van der Waals surface area contributed by atoms with Crippen LogP contribution in [0.3, 0.4) is 0 Å². The van der Waals surface area contributed by atoms with E-state index in [2.05, 4.69) is 9.96 Å². The minimum atomic E-state index is 0.542. The van der Waals surface area contributed by atoms with E-state index in [1.165, 1.54) is 17.5 Å². The molecule has 0 radical (unpaired) electrons. The molecule has 0 spiro atoms. The zero-order chi connectivity index (χ0) is 5.11. The van der Waals surface area contributed by atoms with Gasteiger partial charge >= 0.3 is 5.00 Å². The number of nitrogens with zero attached hydrogens (tertiary/aromatic N) is 3. The molecular formula is C3H2N3S+. The minimum Gasteiger partial charge on any atom is -0.244 e. The fourth-order valence-electron chi connectivity index (χ4n) is 0.258. The van der Waals surface area contributed by atoms with Gasteiger partial charge in [0, 0.05) is 0 Å². The molecule has 0 atom stereocenters. The summed E-state index contributed by atoms with van der Waals surface area (Å²) in [7, 11) is 0. The lowest BCUT2D eigenvalue weighted by Crippen LogP contribution is -1.41. The number of diazo groups is 1. The summed E-state index contributed by atoms with van der Waals surface area (Å²) in [4.78, 5) is 6.54. The van der Waals surface area contributed by atoms with Crippen LogP contribution in [0, 0.1) is 5.39 Å². The molecule has 1 aromatic rings. The maximum absolute atomic E-state index is 8.02. The summed E-state index contributed by atoms with van der Waals surface area (Å²) >= 11 is 1.30. The zero-order valence-electron chi connectivity index (χ0n) is 3.40. The van der Waals surface area contributed by atoms with Gasteiger partial charge in [-0.05, 0) is 11.3 Å². The van der Waals surface area contributed by atoms with Crippen LogP contribution in [0.25, 0.3) is 4.98 Å². The van der Waals surface area contributed by atoms with Gasteiger partial charge in [-0.2, -0.15) is 0 Å². The van der Waals surface area contributed by atoms with E-state index >= 15 is 0 Å². The van der Waals surface area contributed by atoms with Crippen molar-refractivity contribution in [2.75, 3.05) is 0 Å². The minimum absolute atomic E-state index is 0.542. The van der Waals surface area contributed by atoms with Crippen LogP contribution in [-0.4, -0.2) is 4.98 Å². The SMILES string of the molecule is N#[N+]c1cncs1. The standard InChI is InChI=1S/C3H2N3S/c4-6-3-1-5-2-7-3/h1-2H/q+1. The van der Waals surface area contributed by atoms with Gasteiger partial charge in [-0.1, -0.05) is 0 Å². The molecule has 0 unspecified atom stereocenters. The Morgan fingerprint density at radius 3 is 3.00 bits per heavy atom. The van der Waals surface area contributed by atoms with Crippen molar-refractivity contribution < 1.29 is 0 Å². The topological polar surface area (TPSA) is 41.0 Å². The van der Waals surface area contributed by atoms with Gasteiger partial charge in [0.25, 0.3) is 0 Å². The lowest BCUT2D eigenvalue weighted by Gasteiger charge is -1.42. The summed E-state index contributed by atoms with van der Waals surface area (Å²) in [6.45, 7) is 0. The van der Waals surface area contributed by atoms with Gasteiger partial charge in [-0.15, -0.1) is 0 Å². The highest BCUT2D eigenvalue weighted by molar-refractivity contribution is 7.13. The van der Waals surface area contributed by atoms with Crippen LogP contribution in [0.1, 0.15) is 0 Å². The third-order valence-corrected chi connectivity index (χ3v) is 1.17. The van der Waals surface area contributed by atoms with Gasteiger partial charge in [0.2, 0.25) is 5.39 Å². The molecule has 0 bridgehead atoms. The van der Waals surface area contributed by atoms with E-state index in [0.29, 0.717) is 5.00 Å². The third kappa shape index (κ3) is 0.725. The molecule has 0 amide bonds. The first kappa shape index (κ1) is 4.22. The first-order chi connectivity index (χ1) is 3.43. The molecule has 0 fully saturated rings. The average Bonchev–Trinajstić information content (AvgIpc) is 2.14. The van der Waals surface area contributed by atoms with E-state index in [1.54, 1.807) is 5.51 Å². The van der Waals surface area contributed by atoms with Crippen molar-refractivity contribution in [3.05, 3.63) is 16.7 Å². The fraction of sp³-hybridized carbons (Fsp3) is 0. The van der Waals surface area contributed by atoms with Crippen molar-refractivity contribution >= 4 is 16.3 Å². The maximum Gasteiger partial charge on any atom is 0.460 e. The van der Waals surface area contributed by atoms with Crippen molar-refractivity contribution in [1.82, 2.24) is 4.98 Å². The quantitative estimate of drug-likeness (QED) is 0.478. The predicted molar refractivity (Wildman–Crippen MR) is 26.9 cm³/mol. The second-order valence-electron chi connectivity index (χ2n) is 0.940. The normalized spacial score (nSPS) is 7.86. The van der Waals surface area contributed by atoms with Crippen molar-refractivity contribution in [3.8, 4) is 0 Å². The lowest BCUT2D eigenvalue weighted by atomic mass is 10.9. The van der Waals surface area contributed by atoms with Crippen LogP contribution < -0.4 is 0 Å². The molecule has 34 valence electrons. The highest BCUT2D eigenvalue weighted by Crippen LogP contribution is 2.14. The van der Waals surface area contributed by atoms with E-state index in [4.69, 9.17) is 5.39 Å². The highest BCUT2D eigenvalue weighted by Gasteiger charge is 2.01. The Kier molecular flexibility index (Phi) is 1.00. The molecule has 0 aliphatic heterocycles. The summed E-state index contributed by atoms with van der Waals surface area (Å²) in [6, 6.07) is 0. The summed E-state index contributed by atoms with van der Waals surface area (Å²) in [5, 5.41) is 8.56. The van der Waals surface area contributed by atoms with E-state index in [1.807, 2.05) is 0 Å². The summed E-state index contributed by atoms with van der Waals surface area (Å²) in [6.07, 6.45) is 1.49. The van der Waals surface area contributed by atoms with Crippen molar-refractivity contribution in [1.29, 1.82) is 5.39 Å². The highest BCUT2D eigenvalue weighted by atomic mass is 32.1. The van der Waals surface area contributed by atoms with Gasteiger partial charge in [0.15, 0.2) is 4.98 Å². The molecule has 1 heterocycles. The second-order valence-corrected chi connectivity index (χ2v) is 1.80. The Bertz CT molecular complexity index is 173. The van der Waals surface area contributed by atoms with Crippen LogP contribution in [0.4, 0.5) is 5.00 Å². The largest absolute Gasteiger partial charge is 0.460 e. The van der Waals surface area contributed by atoms with Crippen LogP contribution >= 0.6 is 11.3 Å². The maximum atomic E-state index is 8.02. The van der Waals surface area contributed by atoms with Crippen LogP contribution in [0.15, 0.2) is 11.7 Å². The van der Waals surface area contributed by atoms with Gasteiger partial charge in [-0.3, -0.25) is 0 Å². The Labute approximate surface area is 44.3 Å². The van der Waals surface area contributed by atoms with E-state index in [0.717, 1.165) is 0 Å². The Balaban J connectivity index is 3.04. The predicted octanol–water partition coefficient (Wildman–Crippen LogP) is 1.63. The molecule has 3 nitrogen and oxygen atoms in total. The van der Waals surface area contributed by atoms with Gasteiger partial charge in [0.1, 0.15) is 6.20 Å². The first-order valence-electron chi connectivity index (χ1n) is 1.67. The number of hydrogen-bond acceptors (Lipinski definition) is 3. The Morgan fingerprint density at radius 2 is 2.71 bits per heavy atom. The van der Waals surface area contributed by atoms with Gasteiger partial charge in [0.05, 0.1) is 5.51 Å². The van der Waals surface area contributed by atoms with Crippen molar-refractivity contribution in [3.63, 3.8) is 0 Å². The van der Waals surface area contributed by atoms with Crippen LogP contribution in [-0.2, 0) is 0 Å². The van der Waals surface area contributed by atoms with E-state index < -0.39 is 0 Å². The van der Waals surface area contributed by atoms with E-state index in [9.17, 15) is 0 Å². The molecule has 0 aliphatic rings. The molecule has 1 aromatic heterocycles. The number of hydrogen-bond donors (Lipinski definition) is 0. The molecular weight excluding hydrogens is 110 g/mol. The summed E-state index contributed by atoms with van der Waals surface area (Å²) in [5.41, 5.74) is 1.61. The van der Waals surface area contributed by atoms with E-state index in [-0.39, 0.29) is 0 Å². The molecule has 0 aromatic carbocycles. The summed E-state index contributed by atoms with van der Waals surface area (Å²) in [5.74, 6) is 0. The molecule has 0 saturated heterocycles.